The second-order valence-corrected chi connectivity index (χ2v) is 7.50. The summed E-state index contributed by atoms with van der Waals surface area (Å²) >= 11 is 12.2. The number of piperidine rings is 1. The van der Waals surface area contributed by atoms with Crippen molar-refractivity contribution < 1.29 is 4.39 Å². The van der Waals surface area contributed by atoms with E-state index < -0.39 is 0 Å². The summed E-state index contributed by atoms with van der Waals surface area (Å²) < 4.78 is 15.6. The topological polar surface area (TPSA) is 41.0 Å². The van der Waals surface area contributed by atoms with E-state index in [1.54, 1.807) is 22.8 Å². The van der Waals surface area contributed by atoms with Crippen LogP contribution in [0.3, 0.4) is 0 Å². The number of benzene rings is 2. The summed E-state index contributed by atoms with van der Waals surface area (Å²) in [6.45, 7) is 2.20. The molecule has 0 spiro atoms. The Bertz CT molecular complexity index is 1010. The third kappa shape index (κ3) is 3.27. The van der Waals surface area contributed by atoms with Gasteiger partial charge in [-0.2, -0.15) is 0 Å². The summed E-state index contributed by atoms with van der Waals surface area (Å²) in [5.41, 5.74) is 2.03. The van der Waals surface area contributed by atoms with Crippen molar-refractivity contribution in [1.29, 1.82) is 0 Å². The molecule has 0 aliphatic carbocycles. The van der Waals surface area contributed by atoms with Gasteiger partial charge in [-0.25, -0.2) is 9.18 Å². The number of likely N-dealkylation sites (tertiary alicyclic amines) is 1. The fourth-order valence-electron chi connectivity index (χ4n) is 3.69. The van der Waals surface area contributed by atoms with Crippen LogP contribution in [0.4, 0.5) is 4.39 Å². The second-order valence-electron chi connectivity index (χ2n) is 6.68. The number of hydrogen-bond donors (Lipinski definition) is 1. The molecule has 26 heavy (non-hydrogen) atoms. The molecule has 0 bridgehead atoms. The van der Waals surface area contributed by atoms with Crippen LogP contribution in [0.1, 0.15) is 24.4 Å². The zero-order valence-corrected chi connectivity index (χ0v) is 15.5. The average Bonchev–Trinajstić information content (AvgIpc) is 2.93. The van der Waals surface area contributed by atoms with Gasteiger partial charge in [0.05, 0.1) is 21.1 Å². The molecule has 1 fully saturated rings. The van der Waals surface area contributed by atoms with Gasteiger partial charge in [0.15, 0.2) is 0 Å². The molecule has 1 saturated heterocycles. The van der Waals surface area contributed by atoms with Crippen LogP contribution in [0.25, 0.3) is 11.0 Å². The van der Waals surface area contributed by atoms with Crippen molar-refractivity contribution in [2.24, 2.45) is 0 Å². The van der Waals surface area contributed by atoms with Gasteiger partial charge < -0.3 is 4.98 Å². The highest BCUT2D eigenvalue weighted by molar-refractivity contribution is 6.42. The molecule has 0 unspecified atom stereocenters. The molecule has 1 aromatic heterocycles. The van der Waals surface area contributed by atoms with E-state index in [1.807, 2.05) is 12.1 Å². The number of hydrogen-bond acceptors (Lipinski definition) is 2. The lowest BCUT2D eigenvalue weighted by molar-refractivity contribution is 0.178. The molecule has 4 nitrogen and oxygen atoms in total. The maximum atomic E-state index is 13.8. The molecule has 2 heterocycles. The molecular weight excluding hydrogens is 376 g/mol. The summed E-state index contributed by atoms with van der Waals surface area (Å²) in [6, 6.07) is 10.4. The van der Waals surface area contributed by atoms with Crippen LogP contribution in [0, 0.1) is 5.82 Å². The lowest BCUT2D eigenvalue weighted by Crippen LogP contribution is -2.36. The summed E-state index contributed by atoms with van der Waals surface area (Å²) in [5.74, 6) is -0.172. The number of aromatic nitrogens is 2. The monoisotopic (exact) mass is 393 g/mol. The molecule has 1 aliphatic heterocycles. The van der Waals surface area contributed by atoms with E-state index in [1.165, 1.54) is 6.07 Å². The number of aromatic amines is 1. The van der Waals surface area contributed by atoms with Crippen molar-refractivity contribution in [2.75, 3.05) is 13.1 Å². The number of imidazole rings is 1. The van der Waals surface area contributed by atoms with E-state index in [9.17, 15) is 9.18 Å². The molecule has 0 saturated carbocycles. The highest BCUT2D eigenvalue weighted by atomic mass is 35.5. The highest BCUT2D eigenvalue weighted by Gasteiger charge is 2.24. The molecule has 136 valence electrons. The van der Waals surface area contributed by atoms with Gasteiger partial charge in [0.1, 0.15) is 5.82 Å². The fraction of sp³-hybridized carbons (Fsp3) is 0.316. The standard InChI is InChI=1S/C19H18Cl2FN3O/c20-14-9-17-18(10-15(14)21)25(19(26)23-17)13-5-7-24(8-6-13)11-12-3-1-2-4-16(12)22/h1-4,9-10,13H,5-8,11H2,(H,23,26). The van der Waals surface area contributed by atoms with Gasteiger partial charge in [0, 0.05) is 31.2 Å². The number of nitrogens with zero attached hydrogens (tertiary/aromatic N) is 2. The number of H-pyrrole nitrogens is 1. The van der Waals surface area contributed by atoms with Crippen molar-refractivity contribution in [3.63, 3.8) is 0 Å². The Morgan fingerprint density at radius 2 is 1.81 bits per heavy atom. The molecular formula is C19H18Cl2FN3O. The van der Waals surface area contributed by atoms with Crippen molar-refractivity contribution >= 4 is 34.2 Å². The van der Waals surface area contributed by atoms with Gasteiger partial charge in [-0.15, -0.1) is 0 Å². The Morgan fingerprint density at radius 1 is 1.12 bits per heavy atom. The zero-order valence-electron chi connectivity index (χ0n) is 14.0. The number of rotatable bonds is 3. The minimum absolute atomic E-state index is 0.0883. The Kier molecular flexibility index (Phi) is 4.78. The molecule has 0 amide bonds. The Labute approximate surface area is 160 Å². The van der Waals surface area contributed by atoms with E-state index in [-0.39, 0.29) is 17.5 Å². The van der Waals surface area contributed by atoms with E-state index in [4.69, 9.17) is 23.2 Å². The highest BCUT2D eigenvalue weighted by Crippen LogP contribution is 2.30. The molecule has 7 heteroatoms. The smallest absolute Gasteiger partial charge is 0.305 e. The summed E-state index contributed by atoms with van der Waals surface area (Å²) in [7, 11) is 0. The Balaban J connectivity index is 1.53. The molecule has 4 rings (SSSR count). The molecule has 2 aromatic carbocycles. The third-order valence-electron chi connectivity index (χ3n) is 5.03. The predicted octanol–water partition coefficient (Wildman–Crippen LogP) is 4.61. The normalized spacial score (nSPS) is 16.4. The van der Waals surface area contributed by atoms with Crippen molar-refractivity contribution in [2.45, 2.75) is 25.4 Å². The van der Waals surface area contributed by atoms with Crippen molar-refractivity contribution in [1.82, 2.24) is 14.5 Å². The average molecular weight is 394 g/mol. The molecule has 0 atom stereocenters. The van der Waals surface area contributed by atoms with Gasteiger partial charge in [0.2, 0.25) is 0 Å². The van der Waals surface area contributed by atoms with Crippen LogP contribution >= 0.6 is 23.2 Å². The number of halogens is 3. The zero-order chi connectivity index (χ0) is 18.3. The summed E-state index contributed by atoms with van der Waals surface area (Å²) in [4.78, 5) is 17.5. The number of fused-ring (bicyclic) bond motifs is 1. The SMILES string of the molecule is O=c1[nH]c2cc(Cl)c(Cl)cc2n1C1CCN(Cc2ccccc2F)CC1. The van der Waals surface area contributed by atoms with Crippen molar-refractivity contribution in [3.8, 4) is 0 Å². The van der Waals surface area contributed by atoms with Crippen LogP contribution in [0.5, 0.6) is 0 Å². The maximum Gasteiger partial charge on any atom is 0.326 e. The van der Waals surface area contributed by atoms with Crippen LogP contribution in [0.2, 0.25) is 10.0 Å². The van der Waals surface area contributed by atoms with Gasteiger partial charge in [-0.1, -0.05) is 41.4 Å². The Morgan fingerprint density at radius 3 is 2.54 bits per heavy atom. The van der Waals surface area contributed by atoms with Crippen LogP contribution in [0.15, 0.2) is 41.2 Å². The quantitative estimate of drug-likeness (QED) is 0.705. The van der Waals surface area contributed by atoms with Gasteiger partial charge in [-0.3, -0.25) is 9.47 Å². The van der Waals surface area contributed by atoms with E-state index >= 15 is 0 Å². The minimum atomic E-state index is -0.172. The van der Waals surface area contributed by atoms with Crippen molar-refractivity contribution in [3.05, 3.63) is 68.3 Å². The van der Waals surface area contributed by atoms with Gasteiger partial charge in [0.25, 0.3) is 0 Å². The van der Waals surface area contributed by atoms with E-state index in [2.05, 4.69) is 9.88 Å². The fourth-order valence-corrected chi connectivity index (χ4v) is 4.01. The first-order valence-corrected chi connectivity index (χ1v) is 9.33. The Hall–Kier alpha value is -1.82. The first-order chi connectivity index (χ1) is 12.5. The first kappa shape index (κ1) is 17.6. The van der Waals surface area contributed by atoms with Crippen LogP contribution in [-0.2, 0) is 6.54 Å². The molecule has 3 aromatic rings. The second kappa shape index (κ2) is 7.06. The van der Waals surface area contributed by atoms with Crippen LogP contribution in [-0.4, -0.2) is 27.5 Å². The lowest BCUT2D eigenvalue weighted by Gasteiger charge is -2.32. The third-order valence-corrected chi connectivity index (χ3v) is 5.75. The largest absolute Gasteiger partial charge is 0.326 e. The van der Waals surface area contributed by atoms with Gasteiger partial charge in [-0.05, 0) is 31.0 Å². The molecule has 1 aliphatic rings. The lowest BCUT2D eigenvalue weighted by atomic mass is 10.0. The van der Waals surface area contributed by atoms with E-state index in [0.29, 0.717) is 27.7 Å². The van der Waals surface area contributed by atoms with E-state index in [0.717, 1.165) is 31.4 Å². The molecule has 1 N–H and O–H groups in total. The number of nitrogens with one attached hydrogen (secondary N) is 1. The first-order valence-electron chi connectivity index (χ1n) is 8.58. The predicted molar refractivity (Wildman–Crippen MR) is 103 cm³/mol. The maximum absolute atomic E-state index is 13.8. The summed E-state index contributed by atoms with van der Waals surface area (Å²) in [5, 5.41) is 0.858. The molecule has 0 radical (unpaired) electrons. The summed E-state index contributed by atoms with van der Waals surface area (Å²) in [6.07, 6.45) is 1.64. The minimum Gasteiger partial charge on any atom is -0.305 e. The van der Waals surface area contributed by atoms with Crippen LogP contribution < -0.4 is 5.69 Å². The van der Waals surface area contributed by atoms with Gasteiger partial charge >= 0.3 is 5.69 Å².